The van der Waals surface area contributed by atoms with E-state index in [0.29, 0.717) is 5.58 Å². The van der Waals surface area contributed by atoms with Crippen molar-refractivity contribution < 1.29 is 4.42 Å². The minimum absolute atomic E-state index is 0.319. The first-order valence-corrected chi connectivity index (χ1v) is 6.13. The lowest BCUT2D eigenvalue weighted by Gasteiger charge is -2.14. The summed E-state index contributed by atoms with van der Waals surface area (Å²) in [7, 11) is 3.75. The molecule has 17 heavy (non-hydrogen) atoms. The van der Waals surface area contributed by atoms with Gasteiger partial charge in [0, 0.05) is 25.9 Å². The summed E-state index contributed by atoms with van der Waals surface area (Å²) in [5.74, 6) is 0.514. The van der Waals surface area contributed by atoms with Crippen LogP contribution in [0, 0.1) is 0 Å². The number of aryl methyl sites for hydroxylation is 1. The van der Waals surface area contributed by atoms with E-state index in [9.17, 15) is 4.79 Å². The van der Waals surface area contributed by atoms with Gasteiger partial charge in [0.05, 0.1) is 5.52 Å². The van der Waals surface area contributed by atoms with Gasteiger partial charge in [0.15, 0.2) is 5.58 Å². The molecule has 2 aromatic rings. The van der Waals surface area contributed by atoms with Gasteiger partial charge in [-0.25, -0.2) is 4.79 Å². The Hall–Kier alpha value is -1.20. The molecule has 0 unspecified atom stereocenters. The normalized spacial score (nSPS) is 11.5. The molecule has 0 saturated heterocycles. The lowest BCUT2D eigenvalue weighted by molar-refractivity contribution is 0.349. The Morgan fingerprint density at radius 2 is 2.24 bits per heavy atom. The predicted octanol–water partition coefficient (Wildman–Crippen LogP) is 1.49. The Labute approximate surface area is 105 Å². The maximum atomic E-state index is 11.4. The standard InChI is InChI=1S/C12H16N2O2S/c1-13(5-6-17)8-9-3-4-10-11(7-9)16-12(15)14(10)2/h3-4,7,17H,5-6,8H2,1-2H3. The number of hydrogen-bond acceptors (Lipinski definition) is 4. The van der Waals surface area contributed by atoms with Gasteiger partial charge in [0.2, 0.25) is 0 Å². The smallest absolute Gasteiger partial charge is 0.408 e. The molecule has 92 valence electrons. The summed E-state index contributed by atoms with van der Waals surface area (Å²) in [6, 6.07) is 5.86. The highest BCUT2D eigenvalue weighted by Crippen LogP contribution is 2.15. The zero-order chi connectivity index (χ0) is 12.4. The summed E-state index contributed by atoms with van der Waals surface area (Å²) in [5.41, 5.74) is 2.61. The highest BCUT2D eigenvalue weighted by molar-refractivity contribution is 7.80. The summed E-state index contributed by atoms with van der Waals surface area (Å²) < 4.78 is 6.67. The molecule has 0 aliphatic heterocycles. The fourth-order valence-corrected chi connectivity index (χ4v) is 2.18. The minimum Gasteiger partial charge on any atom is -0.408 e. The second-order valence-corrected chi connectivity index (χ2v) is 4.64. The van der Waals surface area contributed by atoms with Crippen molar-refractivity contribution in [3.8, 4) is 0 Å². The maximum Gasteiger partial charge on any atom is 0.419 e. The molecule has 0 amide bonds. The quantitative estimate of drug-likeness (QED) is 0.838. The third-order valence-electron chi connectivity index (χ3n) is 2.79. The molecule has 1 aromatic carbocycles. The molecule has 0 radical (unpaired) electrons. The van der Waals surface area contributed by atoms with Crippen LogP contribution in [0.3, 0.4) is 0 Å². The lowest BCUT2D eigenvalue weighted by Crippen LogP contribution is -2.19. The first-order valence-electron chi connectivity index (χ1n) is 5.49. The van der Waals surface area contributed by atoms with Crippen molar-refractivity contribution in [1.82, 2.24) is 9.47 Å². The van der Waals surface area contributed by atoms with E-state index >= 15 is 0 Å². The van der Waals surface area contributed by atoms with E-state index in [1.807, 2.05) is 25.2 Å². The number of rotatable bonds is 4. The van der Waals surface area contributed by atoms with Gasteiger partial charge in [-0.1, -0.05) is 6.07 Å². The Morgan fingerprint density at radius 1 is 1.47 bits per heavy atom. The molecular formula is C12H16N2O2S. The molecule has 0 spiro atoms. The summed E-state index contributed by atoms with van der Waals surface area (Å²) in [6.07, 6.45) is 0. The van der Waals surface area contributed by atoms with Crippen LogP contribution in [-0.4, -0.2) is 28.8 Å². The van der Waals surface area contributed by atoms with Crippen LogP contribution in [0.15, 0.2) is 27.4 Å². The molecular weight excluding hydrogens is 236 g/mol. The van der Waals surface area contributed by atoms with E-state index in [-0.39, 0.29) is 5.76 Å². The van der Waals surface area contributed by atoms with Crippen molar-refractivity contribution in [2.24, 2.45) is 7.05 Å². The van der Waals surface area contributed by atoms with Gasteiger partial charge >= 0.3 is 5.76 Å². The Bertz CT molecular complexity index is 573. The molecule has 4 nitrogen and oxygen atoms in total. The molecule has 0 atom stereocenters. The third-order valence-corrected chi connectivity index (χ3v) is 2.99. The van der Waals surface area contributed by atoms with E-state index in [1.54, 1.807) is 7.05 Å². The molecule has 0 saturated carbocycles. The Morgan fingerprint density at radius 3 is 2.94 bits per heavy atom. The minimum atomic E-state index is -0.319. The molecule has 1 heterocycles. The van der Waals surface area contributed by atoms with Crippen LogP contribution >= 0.6 is 12.6 Å². The number of benzene rings is 1. The van der Waals surface area contributed by atoms with Crippen LogP contribution in [0.1, 0.15) is 5.56 Å². The summed E-state index contributed by atoms with van der Waals surface area (Å²) in [4.78, 5) is 13.5. The first-order chi connectivity index (χ1) is 8.11. The molecule has 2 rings (SSSR count). The fraction of sp³-hybridized carbons (Fsp3) is 0.417. The van der Waals surface area contributed by atoms with Gasteiger partial charge in [-0.3, -0.25) is 4.57 Å². The van der Waals surface area contributed by atoms with Crippen LogP contribution in [0.2, 0.25) is 0 Å². The average molecular weight is 252 g/mol. The maximum absolute atomic E-state index is 11.4. The van der Waals surface area contributed by atoms with E-state index in [4.69, 9.17) is 4.42 Å². The molecule has 0 fully saturated rings. The number of aromatic nitrogens is 1. The van der Waals surface area contributed by atoms with Crippen LogP contribution in [0.5, 0.6) is 0 Å². The lowest BCUT2D eigenvalue weighted by atomic mass is 10.2. The molecule has 0 aliphatic carbocycles. The Kier molecular flexibility index (Phi) is 3.59. The van der Waals surface area contributed by atoms with Gasteiger partial charge < -0.3 is 9.32 Å². The van der Waals surface area contributed by atoms with Gasteiger partial charge in [0.25, 0.3) is 0 Å². The highest BCUT2D eigenvalue weighted by atomic mass is 32.1. The van der Waals surface area contributed by atoms with E-state index in [0.717, 1.165) is 29.9 Å². The van der Waals surface area contributed by atoms with E-state index in [2.05, 4.69) is 17.5 Å². The molecule has 0 aliphatic rings. The number of fused-ring (bicyclic) bond motifs is 1. The average Bonchev–Trinajstić information content (AvgIpc) is 2.55. The van der Waals surface area contributed by atoms with Gasteiger partial charge in [-0.05, 0) is 24.7 Å². The SMILES string of the molecule is CN(CCS)Cc1ccc2c(c1)oc(=O)n2C. The second-order valence-electron chi connectivity index (χ2n) is 4.19. The van der Waals surface area contributed by atoms with Crippen LogP contribution in [0.4, 0.5) is 0 Å². The number of nitrogens with zero attached hydrogens (tertiary/aromatic N) is 2. The number of thiol groups is 1. The van der Waals surface area contributed by atoms with E-state index in [1.165, 1.54) is 4.57 Å². The topological polar surface area (TPSA) is 38.4 Å². The molecule has 0 N–H and O–H groups in total. The van der Waals surface area contributed by atoms with Crippen molar-refractivity contribution in [2.45, 2.75) is 6.54 Å². The van der Waals surface area contributed by atoms with Crippen molar-refractivity contribution in [2.75, 3.05) is 19.3 Å². The van der Waals surface area contributed by atoms with Crippen molar-refractivity contribution in [3.05, 3.63) is 34.3 Å². The summed E-state index contributed by atoms with van der Waals surface area (Å²) in [5, 5.41) is 0. The first kappa shape index (κ1) is 12.3. The van der Waals surface area contributed by atoms with Crippen molar-refractivity contribution in [1.29, 1.82) is 0 Å². The Balaban J connectivity index is 2.29. The van der Waals surface area contributed by atoms with Gasteiger partial charge in [-0.2, -0.15) is 12.6 Å². The second kappa shape index (κ2) is 4.98. The predicted molar refractivity (Wildman–Crippen MR) is 71.6 cm³/mol. The zero-order valence-corrected chi connectivity index (χ0v) is 10.9. The molecule has 1 aromatic heterocycles. The third kappa shape index (κ3) is 2.56. The number of hydrogen-bond donors (Lipinski definition) is 1. The summed E-state index contributed by atoms with van der Waals surface area (Å²) >= 11 is 4.20. The number of oxazole rings is 1. The zero-order valence-electron chi connectivity index (χ0n) is 10.0. The van der Waals surface area contributed by atoms with Crippen LogP contribution in [0.25, 0.3) is 11.1 Å². The van der Waals surface area contributed by atoms with Crippen molar-refractivity contribution in [3.63, 3.8) is 0 Å². The van der Waals surface area contributed by atoms with E-state index < -0.39 is 0 Å². The fourth-order valence-electron chi connectivity index (χ4n) is 1.84. The summed E-state index contributed by atoms with van der Waals surface area (Å²) in [6.45, 7) is 1.76. The van der Waals surface area contributed by atoms with Crippen LogP contribution < -0.4 is 5.76 Å². The highest BCUT2D eigenvalue weighted by Gasteiger charge is 2.07. The van der Waals surface area contributed by atoms with Gasteiger partial charge in [0.1, 0.15) is 0 Å². The monoisotopic (exact) mass is 252 g/mol. The van der Waals surface area contributed by atoms with Gasteiger partial charge in [-0.15, -0.1) is 0 Å². The van der Waals surface area contributed by atoms with Crippen molar-refractivity contribution >= 4 is 23.7 Å². The largest absolute Gasteiger partial charge is 0.419 e. The van der Waals surface area contributed by atoms with Crippen LogP contribution in [-0.2, 0) is 13.6 Å². The molecule has 0 bridgehead atoms. The molecule has 5 heteroatoms.